The van der Waals surface area contributed by atoms with Crippen molar-refractivity contribution in [3.8, 4) is 0 Å². The van der Waals surface area contributed by atoms with E-state index in [4.69, 9.17) is 10.2 Å². The van der Waals surface area contributed by atoms with Crippen molar-refractivity contribution in [3.05, 3.63) is 32.2 Å². The number of aliphatic hydroxyl groups excluding tert-OH is 2. The van der Waals surface area contributed by atoms with E-state index in [1.807, 2.05) is 0 Å². The van der Waals surface area contributed by atoms with Gasteiger partial charge in [-0.1, -0.05) is 61.2 Å². The predicted molar refractivity (Wildman–Crippen MR) is 126 cm³/mol. The zero-order valence-electron chi connectivity index (χ0n) is 19.5. The fraction of sp³-hybridized carbons (Fsp3) is 0.750. The molecule has 0 spiro atoms. The zero-order valence-corrected chi connectivity index (χ0v) is 22.7. The summed E-state index contributed by atoms with van der Waals surface area (Å²) in [4.78, 5) is 2.65. The molecule has 2 aromatic heterocycles. The molecule has 0 saturated heterocycles. The fourth-order valence-electron chi connectivity index (χ4n) is 4.01. The van der Waals surface area contributed by atoms with Crippen LogP contribution in [0.4, 0.5) is 0 Å². The molecule has 0 aliphatic rings. The molecule has 4 nitrogen and oxygen atoms in total. The van der Waals surface area contributed by atoms with Crippen molar-refractivity contribution < 1.29 is 36.3 Å². The second kappa shape index (κ2) is 17.2. The van der Waals surface area contributed by atoms with Crippen LogP contribution in [0.1, 0.15) is 85.4 Å². The fourth-order valence-corrected chi connectivity index (χ4v) is 6.04. The monoisotopic (exact) mass is 533 g/mol. The third kappa shape index (κ3) is 10.4. The Morgan fingerprint density at radius 2 is 0.935 bits per heavy atom. The highest BCUT2D eigenvalue weighted by molar-refractivity contribution is 7.09. The van der Waals surface area contributed by atoms with E-state index in [0.29, 0.717) is 0 Å². The van der Waals surface area contributed by atoms with E-state index >= 15 is 0 Å². The Hall–Kier alpha value is -0.340. The average molecular weight is 535 g/mol. The van der Waals surface area contributed by atoms with Crippen LogP contribution in [0, 0.1) is 13.8 Å². The van der Waals surface area contributed by atoms with Gasteiger partial charge in [-0.05, 0) is 12.8 Å². The van der Waals surface area contributed by atoms with Gasteiger partial charge in [-0.2, -0.15) is 9.13 Å². The molecule has 2 rings (SSSR count). The minimum atomic E-state index is 0. The molecule has 0 bridgehead atoms. The summed E-state index contributed by atoms with van der Waals surface area (Å²) in [5, 5.41) is 18.2. The molecular formula is C24H42BrN2O2S2+. The van der Waals surface area contributed by atoms with E-state index in [0.717, 1.165) is 25.9 Å². The highest BCUT2D eigenvalue weighted by Crippen LogP contribution is 2.14. The van der Waals surface area contributed by atoms with Crippen LogP contribution in [0.5, 0.6) is 0 Å². The number of aryl methyl sites for hydroxylation is 2. The number of rotatable bonds is 17. The van der Waals surface area contributed by atoms with Gasteiger partial charge in [0.2, 0.25) is 11.0 Å². The molecule has 2 heterocycles. The van der Waals surface area contributed by atoms with Gasteiger partial charge in [0.1, 0.15) is 13.1 Å². The number of unbranched alkanes of at least 4 members (excludes halogenated alkanes) is 9. The van der Waals surface area contributed by atoms with Gasteiger partial charge in [0.05, 0.1) is 9.75 Å². The maximum Gasteiger partial charge on any atom is 0.225 e. The molecule has 0 saturated carbocycles. The largest absolute Gasteiger partial charge is 1.00 e. The first-order valence-corrected chi connectivity index (χ1v) is 13.6. The molecule has 0 unspecified atom stereocenters. The number of hydrogen-bond acceptors (Lipinski definition) is 4. The van der Waals surface area contributed by atoms with Crippen LogP contribution < -0.4 is 26.1 Å². The summed E-state index contributed by atoms with van der Waals surface area (Å²) in [6.07, 6.45) is 15.0. The molecule has 2 N–H and O–H groups in total. The van der Waals surface area contributed by atoms with Crippen molar-refractivity contribution in [1.29, 1.82) is 0 Å². The van der Waals surface area contributed by atoms with Gasteiger partial charge in [0.15, 0.2) is 11.4 Å². The van der Waals surface area contributed by atoms with Gasteiger partial charge in [-0.15, -0.1) is 0 Å². The van der Waals surface area contributed by atoms with Crippen molar-refractivity contribution in [1.82, 2.24) is 0 Å². The first-order valence-electron chi connectivity index (χ1n) is 11.8. The minimum Gasteiger partial charge on any atom is -1.00 e. The normalized spacial score (nSPS) is 11.1. The van der Waals surface area contributed by atoms with Crippen LogP contribution in [0.3, 0.4) is 0 Å². The number of aromatic nitrogens is 2. The van der Waals surface area contributed by atoms with Crippen LogP contribution >= 0.6 is 22.7 Å². The van der Waals surface area contributed by atoms with E-state index < -0.39 is 0 Å². The quantitative estimate of drug-likeness (QED) is 0.240. The number of halogens is 1. The molecule has 0 radical (unpaired) electrons. The van der Waals surface area contributed by atoms with Gasteiger partial charge < -0.3 is 27.2 Å². The molecule has 0 aliphatic heterocycles. The van der Waals surface area contributed by atoms with E-state index in [-0.39, 0.29) is 30.2 Å². The summed E-state index contributed by atoms with van der Waals surface area (Å²) in [6.45, 7) is 7.10. The number of hydrogen-bond donors (Lipinski definition) is 2. The lowest BCUT2D eigenvalue weighted by Gasteiger charge is -2.02. The van der Waals surface area contributed by atoms with E-state index in [1.165, 1.54) is 85.4 Å². The molecule has 7 heteroatoms. The van der Waals surface area contributed by atoms with Crippen molar-refractivity contribution in [2.24, 2.45) is 0 Å². The molecule has 0 atom stereocenters. The zero-order chi connectivity index (χ0) is 21.6. The van der Waals surface area contributed by atoms with Gasteiger partial charge in [-0.25, -0.2) is 0 Å². The average Bonchev–Trinajstić information content (AvgIpc) is 3.26. The van der Waals surface area contributed by atoms with Gasteiger partial charge in [0.25, 0.3) is 0 Å². The van der Waals surface area contributed by atoms with E-state index in [9.17, 15) is 0 Å². The highest BCUT2D eigenvalue weighted by atomic mass is 79.9. The van der Waals surface area contributed by atoms with Gasteiger partial charge in [-0.3, -0.25) is 0 Å². The van der Waals surface area contributed by atoms with Crippen molar-refractivity contribution in [3.63, 3.8) is 0 Å². The topological polar surface area (TPSA) is 48.2 Å². The lowest BCUT2D eigenvalue weighted by molar-refractivity contribution is -0.698. The lowest BCUT2D eigenvalue weighted by Crippen LogP contribution is -3.00. The number of nitrogens with zero attached hydrogens (tertiary/aromatic N) is 2. The van der Waals surface area contributed by atoms with Crippen LogP contribution in [0.25, 0.3) is 0 Å². The molecule has 178 valence electrons. The second-order valence-electron chi connectivity index (χ2n) is 8.33. The maximum atomic E-state index is 9.09. The van der Waals surface area contributed by atoms with Crippen molar-refractivity contribution >= 4 is 22.7 Å². The Balaban J connectivity index is 0.00000480. The van der Waals surface area contributed by atoms with Crippen LogP contribution in [0.15, 0.2) is 11.0 Å². The van der Waals surface area contributed by atoms with E-state index in [1.54, 1.807) is 22.7 Å². The Morgan fingerprint density at radius 3 is 1.26 bits per heavy atom. The van der Waals surface area contributed by atoms with Crippen molar-refractivity contribution in [2.75, 3.05) is 13.2 Å². The Labute approximate surface area is 207 Å². The number of thiazole rings is 2. The Bertz CT molecular complexity index is 658. The SMILES string of the molecule is Cc1c(CCO)sc[n+]1CCCCCCCCCCCC[n+]1csc(CCO)c1C.[Br-]. The first kappa shape index (κ1) is 28.7. The standard InChI is InChI=1S/C24H42N2O2S2.BrH/c1-21-23(13-17-27)29-19-25(21)15-11-9-7-5-3-4-6-8-10-12-16-26-20-30-24(14-18-28)22(26)2;/h19-20,27-28H,3-18H2,1-2H3;1H/q+2;/p-1. The molecule has 2 aromatic rings. The smallest absolute Gasteiger partial charge is 0.225 e. The summed E-state index contributed by atoms with van der Waals surface area (Å²) >= 11 is 3.56. The molecule has 0 aromatic carbocycles. The summed E-state index contributed by atoms with van der Waals surface area (Å²) in [5.74, 6) is 0. The summed E-state index contributed by atoms with van der Waals surface area (Å²) in [5.41, 5.74) is 7.11. The molecule has 31 heavy (non-hydrogen) atoms. The molecule has 0 amide bonds. The molecule has 0 aliphatic carbocycles. The maximum absolute atomic E-state index is 9.09. The number of aliphatic hydroxyl groups is 2. The summed E-state index contributed by atoms with van der Waals surface area (Å²) in [7, 11) is 0. The predicted octanol–water partition coefficient (Wildman–Crippen LogP) is 1.68. The van der Waals surface area contributed by atoms with Crippen LogP contribution in [0.2, 0.25) is 0 Å². The third-order valence-electron chi connectivity index (χ3n) is 6.04. The summed E-state index contributed by atoms with van der Waals surface area (Å²) < 4.78 is 4.72. The van der Waals surface area contributed by atoms with Crippen LogP contribution in [-0.4, -0.2) is 23.4 Å². The van der Waals surface area contributed by atoms with E-state index in [2.05, 4.69) is 34.0 Å². The lowest BCUT2D eigenvalue weighted by atomic mass is 10.1. The first-order chi connectivity index (χ1) is 14.7. The highest BCUT2D eigenvalue weighted by Gasteiger charge is 2.14. The third-order valence-corrected chi connectivity index (χ3v) is 8.33. The second-order valence-corrected chi connectivity index (χ2v) is 10.2. The molecular weight excluding hydrogens is 492 g/mol. The summed E-state index contributed by atoms with van der Waals surface area (Å²) in [6, 6.07) is 0. The minimum absolute atomic E-state index is 0. The Kier molecular flexibility index (Phi) is 15.9. The van der Waals surface area contributed by atoms with Crippen LogP contribution in [-0.2, 0) is 25.9 Å². The van der Waals surface area contributed by atoms with Gasteiger partial charge in [0, 0.05) is 52.7 Å². The van der Waals surface area contributed by atoms with Gasteiger partial charge >= 0.3 is 0 Å². The van der Waals surface area contributed by atoms with Crippen molar-refractivity contribution in [2.45, 2.75) is 104 Å². The molecule has 0 fully saturated rings. The Morgan fingerprint density at radius 1 is 0.613 bits per heavy atom.